The van der Waals surface area contributed by atoms with Gasteiger partial charge in [0.05, 0.1) is 24.3 Å². The van der Waals surface area contributed by atoms with Crippen molar-refractivity contribution in [1.29, 1.82) is 0 Å². The fourth-order valence-corrected chi connectivity index (χ4v) is 8.37. The maximum absolute atomic E-state index is 13.2. The summed E-state index contributed by atoms with van der Waals surface area (Å²) >= 11 is 3.56. The third-order valence-electron chi connectivity index (χ3n) is 9.84. The van der Waals surface area contributed by atoms with E-state index in [0.29, 0.717) is 35.8 Å². The molecule has 0 radical (unpaired) electrons. The van der Waals surface area contributed by atoms with Crippen LogP contribution in [0.25, 0.3) is 0 Å². The number of methoxy groups -OCH3 is 1. The highest BCUT2D eigenvalue weighted by Gasteiger charge is 2.48. The van der Waals surface area contributed by atoms with Crippen molar-refractivity contribution in [1.82, 2.24) is 0 Å². The number of benzene rings is 1. The van der Waals surface area contributed by atoms with Crippen LogP contribution in [0, 0.1) is 29.6 Å². The highest BCUT2D eigenvalue weighted by Crippen LogP contribution is 2.51. The fraction of sp³-hybridized carbons (Fsp3) is 0.667. The molecule has 1 aliphatic heterocycles. The van der Waals surface area contributed by atoms with Crippen molar-refractivity contribution in [3.05, 3.63) is 52.5 Å². The summed E-state index contributed by atoms with van der Waals surface area (Å²) in [6.07, 6.45) is 9.41. The van der Waals surface area contributed by atoms with Gasteiger partial charge in [0.25, 0.3) is 0 Å². The van der Waals surface area contributed by atoms with Crippen molar-refractivity contribution in [3.63, 3.8) is 0 Å². The molecule has 1 aromatic carbocycles. The van der Waals surface area contributed by atoms with Gasteiger partial charge < -0.3 is 23.7 Å². The number of hydrogen-bond donors (Lipinski definition) is 1. The van der Waals surface area contributed by atoms with Gasteiger partial charge in [0.15, 0.2) is 8.32 Å². The van der Waals surface area contributed by atoms with Crippen LogP contribution in [-0.4, -0.2) is 51.4 Å². The summed E-state index contributed by atoms with van der Waals surface area (Å²) in [6.45, 7) is 14.1. The molecule has 0 bridgehead atoms. The van der Waals surface area contributed by atoms with E-state index in [1.165, 1.54) is 0 Å². The van der Waals surface area contributed by atoms with Gasteiger partial charge in [0, 0.05) is 31.5 Å². The lowest BCUT2D eigenvalue weighted by Crippen LogP contribution is -2.46. The standard InChI is InChI=1S/C33H49BrO6Si/c1-21-16-29-27(31(21)38-20-22-8-11-24(37-5)12-9-22)13-10-23-17-26(40-41(6,7)33(2,3)4)18-25(14-15-35)39-32(36)30(34)19-28(23)29/h8-13,19,21,23,25-29,31,35H,14-18,20H2,1-7H3/b30-19+/t21-,23+,25+,26+,27-,28-,29-,31-/m1/s1. The Morgan fingerprint density at radius 2 is 1.78 bits per heavy atom. The van der Waals surface area contributed by atoms with Gasteiger partial charge in [-0.2, -0.15) is 0 Å². The Balaban J connectivity index is 1.59. The number of rotatable bonds is 8. The number of allylic oxidation sites excluding steroid dienone is 2. The molecular weight excluding hydrogens is 600 g/mol. The molecule has 6 nitrogen and oxygen atoms in total. The van der Waals surface area contributed by atoms with E-state index in [1.807, 2.05) is 12.1 Å². The van der Waals surface area contributed by atoms with E-state index in [9.17, 15) is 9.90 Å². The van der Waals surface area contributed by atoms with Crippen LogP contribution >= 0.6 is 15.9 Å². The molecule has 0 spiro atoms. The molecule has 3 aliphatic rings. The van der Waals surface area contributed by atoms with Crippen molar-refractivity contribution in [2.45, 2.75) is 96.4 Å². The summed E-state index contributed by atoms with van der Waals surface area (Å²) < 4.78 is 25.3. The highest BCUT2D eigenvalue weighted by molar-refractivity contribution is 9.12. The number of halogens is 1. The first-order valence-corrected chi connectivity index (χ1v) is 18.8. The first-order chi connectivity index (χ1) is 19.3. The molecule has 0 unspecified atom stereocenters. The van der Waals surface area contributed by atoms with Crippen molar-refractivity contribution in [3.8, 4) is 5.75 Å². The van der Waals surface area contributed by atoms with E-state index in [-0.39, 0.29) is 53.7 Å². The largest absolute Gasteiger partial charge is 0.497 e. The number of aliphatic hydroxyl groups excluding tert-OH is 1. The van der Waals surface area contributed by atoms with Crippen molar-refractivity contribution < 1.29 is 28.5 Å². The van der Waals surface area contributed by atoms with Gasteiger partial charge in [-0.1, -0.05) is 58.1 Å². The zero-order valence-corrected chi connectivity index (χ0v) is 28.4. The van der Waals surface area contributed by atoms with E-state index < -0.39 is 8.32 Å². The minimum Gasteiger partial charge on any atom is -0.497 e. The second-order valence-electron chi connectivity index (χ2n) is 13.7. The average Bonchev–Trinajstić information content (AvgIpc) is 3.22. The number of ether oxygens (including phenoxy) is 3. The lowest BCUT2D eigenvalue weighted by molar-refractivity contribution is -0.145. The molecular formula is C33H49BrO6Si. The molecule has 228 valence electrons. The van der Waals surface area contributed by atoms with E-state index in [4.69, 9.17) is 18.6 Å². The zero-order valence-electron chi connectivity index (χ0n) is 25.8. The predicted molar refractivity (Wildman–Crippen MR) is 168 cm³/mol. The second kappa shape index (κ2) is 13.5. The summed E-state index contributed by atoms with van der Waals surface area (Å²) in [5.74, 6) is 1.93. The maximum Gasteiger partial charge on any atom is 0.345 e. The molecule has 8 heteroatoms. The number of cyclic esters (lactones) is 1. The van der Waals surface area contributed by atoms with Crippen molar-refractivity contribution in [2.24, 2.45) is 29.6 Å². The second-order valence-corrected chi connectivity index (χ2v) is 19.3. The van der Waals surface area contributed by atoms with Gasteiger partial charge in [-0.05, 0) is 88.3 Å². The third-order valence-corrected chi connectivity index (χ3v) is 15.0. The third kappa shape index (κ3) is 7.74. The Morgan fingerprint density at radius 1 is 1.07 bits per heavy atom. The minimum absolute atomic E-state index is 0.0302. The summed E-state index contributed by atoms with van der Waals surface area (Å²) in [4.78, 5) is 13.2. The van der Waals surface area contributed by atoms with Crippen LogP contribution in [0.2, 0.25) is 18.1 Å². The molecule has 41 heavy (non-hydrogen) atoms. The summed E-state index contributed by atoms with van der Waals surface area (Å²) in [7, 11) is -0.401. The predicted octanol–water partition coefficient (Wildman–Crippen LogP) is 7.41. The van der Waals surface area contributed by atoms with Crippen LogP contribution < -0.4 is 4.74 Å². The topological polar surface area (TPSA) is 74.2 Å². The molecule has 1 fully saturated rings. The summed E-state index contributed by atoms with van der Waals surface area (Å²) in [5, 5.41) is 9.77. The quantitative estimate of drug-likeness (QED) is 0.180. The van der Waals surface area contributed by atoms with E-state index >= 15 is 0 Å². The van der Waals surface area contributed by atoms with Crippen LogP contribution in [0.5, 0.6) is 5.75 Å². The van der Waals surface area contributed by atoms with Crippen LogP contribution in [0.15, 0.2) is 47.0 Å². The molecule has 0 saturated heterocycles. The van der Waals surface area contributed by atoms with Gasteiger partial charge in [-0.15, -0.1) is 0 Å². The number of aliphatic hydroxyl groups is 1. The Hall–Kier alpha value is -1.45. The number of carbonyl (C=O) groups excluding carboxylic acids is 1. The molecule has 1 heterocycles. The minimum atomic E-state index is -2.08. The number of hydrogen-bond acceptors (Lipinski definition) is 6. The highest BCUT2D eigenvalue weighted by atomic mass is 79.9. The first-order valence-electron chi connectivity index (χ1n) is 15.1. The lowest BCUT2D eigenvalue weighted by atomic mass is 9.69. The van der Waals surface area contributed by atoms with Crippen molar-refractivity contribution in [2.75, 3.05) is 13.7 Å². The molecule has 0 aromatic heterocycles. The van der Waals surface area contributed by atoms with Crippen molar-refractivity contribution >= 4 is 30.2 Å². The first kappa shape index (κ1) is 32.5. The average molecular weight is 650 g/mol. The molecule has 8 atom stereocenters. The normalized spacial score (nSPS) is 33.8. The fourth-order valence-electron chi connectivity index (χ4n) is 6.60. The van der Waals surface area contributed by atoms with Crippen LogP contribution in [0.4, 0.5) is 0 Å². The van der Waals surface area contributed by atoms with Crippen LogP contribution in [-0.2, 0) is 25.3 Å². The molecule has 1 aromatic rings. The monoisotopic (exact) mass is 648 g/mol. The maximum atomic E-state index is 13.2. The van der Waals surface area contributed by atoms with Crippen LogP contribution in [0.3, 0.4) is 0 Å². The molecule has 2 aliphatic carbocycles. The summed E-state index contributed by atoms with van der Waals surface area (Å²) in [5.41, 5.74) is 1.13. The Kier molecular flexibility index (Phi) is 10.7. The number of fused-ring (bicyclic) bond motifs is 3. The Bertz CT molecular complexity index is 1090. The zero-order chi connectivity index (χ0) is 29.9. The van der Waals surface area contributed by atoms with E-state index in [0.717, 1.165) is 24.2 Å². The Morgan fingerprint density at radius 3 is 2.41 bits per heavy atom. The molecule has 4 rings (SSSR count). The van der Waals surface area contributed by atoms with Gasteiger partial charge in [-0.25, -0.2) is 4.79 Å². The van der Waals surface area contributed by atoms with Gasteiger partial charge in [0.1, 0.15) is 11.9 Å². The number of esters is 1. The van der Waals surface area contributed by atoms with Crippen LogP contribution in [0.1, 0.15) is 58.9 Å². The van der Waals surface area contributed by atoms with Gasteiger partial charge >= 0.3 is 5.97 Å². The number of carbonyl (C=O) groups is 1. The smallest absolute Gasteiger partial charge is 0.345 e. The summed E-state index contributed by atoms with van der Waals surface area (Å²) in [6, 6.07) is 8.06. The Labute approximate surface area is 256 Å². The molecule has 1 saturated carbocycles. The van der Waals surface area contributed by atoms with E-state index in [2.05, 4.69) is 87.1 Å². The molecule has 0 amide bonds. The van der Waals surface area contributed by atoms with Gasteiger partial charge in [0.2, 0.25) is 0 Å². The SMILES string of the molecule is COc1ccc(CO[C@H]2[C@@H]3C=C[C@H]4C[C@H](O[Si](C)(C)C(C)(C)C)C[C@H](CCO)OC(=O)/C(Br)=C\[C@H]4[C@@H]3C[C@H]2C)cc1. The van der Waals surface area contributed by atoms with E-state index in [1.54, 1.807) is 7.11 Å². The van der Waals surface area contributed by atoms with Gasteiger partial charge in [-0.3, -0.25) is 0 Å². The molecule has 1 N–H and O–H groups in total. The lowest BCUT2D eigenvalue weighted by Gasteiger charge is -2.43.